The molecule has 6 heteroatoms. The van der Waals surface area contributed by atoms with Gasteiger partial charge in [-0.1, -0.05) is 0 Å². The summed E-state index contributed by atoms with van der Waals surface area (Å²) in [6.45, 7) is 1.88. The number of esters is 1. The molecule has 0 saturated carbocycles. The van der Waals surface area contributed by atoms with Gasteiger partial charge in [-0.25, -0.2) is 9.78 Å². The van der Waals surface area contributed by atoms with Gasteiger partial charge in [0.05, 0.1) is 12.0 Å². The number of hydrogen-bond donors (Lipinski definition) is 1. The lowest BCUT2D eigenvalue weighted by Crippen LogP contribution is -2.24. The fraction of sp³-hybridized carbons (Fsp3) is 0.182. The smallest absolute Gasteiger partial charge is 0.343 e. The van der Waals surface area contributed by atoms with E-state index in [9.17, 15) is 15.1 Å². The van der Waals surface area contributed by atoms with Crippen LogP contribution in [0.25, 0.3) is 10.9 Å². The molecule has 88 valence electrons. The molecule has 0 unspecified atom stereocenters. The first-order valence-electron chi connectivity index (χ1n) is 5.01. The Kier molecular flexibility index (Phi) is 2.78. The number of aromatic hydroxyl groups is 1. The van der Waals surface area contributed by atoms with E-state index in [0.29, 0.717) is 15.6 Å². The fourth-order valence-corrected chi connectivity index (χ4v) is 1.47. The number of carbonyl (C=O) groups excluding carboxylic acids is 1. The molecular formula is C11H10N2O4. The molecule has 2 rings (SSSR count). The molecule has 0 spiro atoms. The van der Waals surface area contributed by atoms with E-state index in [-0.39, 0.29) is 17.9 Å². The first-order valence-corrected chi connectivity index (χ1v) is 5.01. The van der Waals surface area contributed by atoms with Crippen LogP contribution in [0, 0.1) is 5.21 Å². The van der Waals surface area contributed by atoms with Crippen LogP contribution in [0.2, 0.25) is 0 Å². The summed E-state index contributed by atoms with van der Waals surface area (Å²) in [6, 6.07) is 1.40. The van der Waals surface area contributed by atoms with Gasteiger partial charge in [-0.3, -0.25) is 0 Å². The van der Waals surface area contributed by atoms with E-state index in [2.05, 4.69) is 4.98 Å². The van der Waals surface area contributed by atoms with Crippen molar-refractivity contribution in [3.8, 4) is 5.75 Å². The van der Waals surface area contributed by atoms with Crippen LogP contribution in [0.1, 0.15) is 17.3 Å². The summed E-state index contributed by atoms with van der Waals surface area (Å²) in [4.78, 5) is 15.4. The predicted octanol–water partition coefficient (Wildman–Crippen LogP) is 0.750. The van der Waals surface area contributed by atoms with Crippen molar-refractivity contribution in [3.05, 3.63) is 35.4 Å². The Morgan fingerprint density at radius 2 is 2.41 bits per heavy atom. The summed E-state index contributed by atoms with van der Waals surface area (Å²) in [5.41, 5.74) is 0.302. The van der Waals surface area contributed by atoms with Crippen molar-refractivity contribution in [1.29, 1.82) is 0 Å². The zero-order valence-corrected chi connectivity index (χ0v) is 9.08. The molecule has 0 aliphatic rings. The van der Waals surface area contributed by atoms with Gasteiger partial charge >= 0.3 is 5.97 Å². The molecule has 0 atom stereocenters. The number of hydrogen-bond acceptors (Lipinski definition) is 5. The summed E-state index contributed by atoms with van der Waals surface area (Å²) in [5.74, 6) is -0.868. The maximum absolute atomic E-state index is 11.5. The fourth-order valence-electron chi connectivity index (χ4n) is 1.47. The van der Waals surface area contributed by atoms with Gasteiger partial charge in [0.1, 0.15) is 16.8 Å². The molecule has 0 aliphatic carbocycles. The highest BCUT2D eigenvalue weighted by molar-refractivity contribution is 5.98. The van der Waals surface area contributed by atoms with Crippen LogP contribution in [0.15, 0.2) is 24.7 Å². The van der Waals surface area contributed by atoms with E-state index in [0.717, 1.165) is 0 Å². The number of rotatable bonds is 2. The lowest BCUT2D eigenvalue weighted by atomic mass is 10.1. The first kappa shape index (κ1) is 11.1. The van der Waals surface area contributed by atoms with Gasteiger partial charge < -0.3 is 15.1 Å². The molecule has 0 radical (unpaired) electrons. The Bertz CT molecular complexity index is 583. The quantitative estimate of drug-likeness (QED) is 0.470. The molecule has 0 aromatic carbocycles. The second-order valence-electron chi connectivity index (χ2n) is 3.34. The largest absolute Gasteiger partial charge is 0.619 e. The van der Waals surface area contributed by atoms with Crippen LogP contribution >= 0.6 is 0 Å². The van der Waals surface area contributed by atoms with Crippen molar-refractivity contribution in [3.63, 3.8) is 0 Å². The van der Waals surface area contributed by atoms with Crippen molar-refractivity contribution in [2.24, 2.45) is 0 Å². The third kappa shape index (κ3) is 1.96. The maximum Gasteiger partial charge on any atom is 0.343 e. The van der Waals surface area contributed by atoms with Gasteiger partial charge in [0, 0.05) is 12.3 Å². The molecular weight excluding hydrogens is 224 g/mol. The zero-order valence-electron chi connectivity index (χ0n) is 9.08. The maximum atomic E-state index is 11.5. The van der Waals surface area contributed by atoms with Gasteiger partial charge in [-0.2, -0.15) is 4.73 Å². The molecule has 0 aliphatic heterocycles. The van der Waals surface area contributed by atoms with Crippen LogP contribution < -0.4 is 4.73 Å². The third-order valence-corrected chi connectivity index (χ3v) is 2.25. The van der Waals surface area contributed by atoms with E-state index < -0.39 is 5.97 Å². The van der Waals surface area contributed by atoms with Crippen molar-refractivity contribution in [1.82, 2.24) is 4.98 Å². The first-order chi connectivity index (χ1) is 8.13. The third-order valence-electron chi connectivity index (χ3n) is 2.25. The number of pyridine rings is 2. The van der Waals surface area contributed by atoms with Crippen LogP contribution in [0.3, 0.4) is 0 Å². The average Bonchev–Trinajstić information content (AvgIpc) is 2.29. The highest BCUT2D eigenvalue weighted by atomic mass is 16.5. The molecule has 2 heterocycles. The number of carbonyl (C=O) groups is 1. The van der Waals surface area contributed by atoms with Crippen LogP contribution in [0.4, 0.5) is 0 Å². The molecule has 17 heavy (non-hydrogen) atoms. The molecule has 2 aromatic heterocycles. The summed E-state index contributed by atoms with van der Waals surface area (Å²) in [7, 11) is 0. The van der Waals surface area contributed by atoms with E-state index in [1.807, 2.05) is 0 Å². The summed E-state index contributed by atoms with van der Waals surface area (Å²) < 4.78 is 5.34. The van der Waals surface area contributed by atoms with E-state index >= 15 is 0 Å². The normalized spacial score (nSPS) is 10.4. The molecule has 0 fully saturated rings. The Labute approximate surface area is 96.7 Å². The van der Waals surface area contributed by atoms with Gasteiger partial charge in [-0.05, 0) is 6.92 Å². The highest BCUT2D eigenvalue weighted by Crippen LogP contribution is 2.26. The van der Waals surface area contributed by atoms with Gasteiger partial charge in [-0.15, -0.1) is 0 Å². The lowest BCUT2D eigenvalue weighted by Gasteiger charge is -2.06. The minimum Gasteiger partial charge on any atom is -0.619 e. The molecule has 0 bridgehead atoms. The van der Waals surface area contributed by atoms with Crippen molar-refractivity contribution in [2.45, 2.75) is 6.92 Å². The van der Waals surface area contributed by atoms with E-state index in [1.54, 1.807) is 6.92 Å². The standard InChI is InChI=1S/C11H10N2O4/c1-2-17-11(15)8-5-12-9-6-13(16)4-3-7(9)10(8)14/h3-6H,2H2,1H3,(H,12,14). The second kappa shape index (κ2) is 4.25. The van der Waals surface area contributed by atoms with Gasteiger partial charge in [0.15, 0.2) is 6.20 Å². The van der Waals surface area contributed by atoms with E-state index in [1.165, 1.54) is 24.7 Å². The minimum absolute atomic E-state index is 0.0111. The SMILES string of the molecule is CCOC(=O)c1cnc2c[n+]([O-])ccc2c1O. The second-order valence-corrected chi connectivity index (χ2v) is 3.34. The monoisotopic (exact) mass is 234 g/mol. The average molecular weight is 234 g/mol. The summed E-state index contributed by atoms with van der Waals surface area (Å²) in [6.07, 6.45) is 3.62. The van der Waals surface area contributed by atoms with Crippen LogP contribution in [-0.4, -0.2) is 22.7 Å². The summed E-state index contributed by atoms with van der Waals surface area (Å²) in [5, 5.41) is 21.2. The zero-order chi connectivity index (χ0) is 12.4. The molecule has 6 nitrogen and oxygen atoms in total. The highest BCUT2D eigenvalue weighted by Gasteiger charge is 2.16. The number of ether oxygens (including phenoxy) is 1. The Morgan fingerprint density at radius 1 is 1.65 bits per heavy atom. The molecule has 0 amide bonds. The minimum atomic E-state index is -0.641. The van der Waals surface area contributed by atoms with Crippen molar-refractivity contribution < 1.29 is 19.4 Å². The number of nitrogens with zero attached hydrogens (tertiary/aromatic N) is 2. The lowest BCUT2D eigenvalue weighted by molar-refractivity contribution is -0.604. The van der Waals surface area contributed by atoms with E-state index in [4.69, 9.17) is 4.74 Å². The van der Waals surface area contributed by atoms with Gasteiger partial charge in [0.2, 0.25) is 6.20 Å². The molecule has 0 saturated heterocycles. The van der Waals surface area contributed by atoms with Gasteiger partial charge in [0.25, 0.3) is 0 Å². The summed E-state index contributed by atoms with van der Waals surface area (Å²) >= 11 is 0. The Balaban J connectivity index is 2.58. The Hall–Kier alpha value is -2.37. The number of aromatic nitrogens is 2. The molecule has 1 N–H and O–H groups in total. The van der Waals surface area contributed by atoms with Crippen molar-refractivity contribution in [2.75, 3.05) is 6.61 Å². The van der Waals surface area contributed by atoms with Crippen LogP contribution in [-0.2, 0) is 4.74 Å². The Morgan fingerprint density at radius 3 is 3.12 bits per heavy atom. The number of fused-ring (bicyclic) bond motifs is 1. The predicted molar refractivity (Wildman–Crippen MR) is 58.3 cm³/mol. The topological polar surface area (TPSA) is 86.4 Å². The van der Waals surface area contributed by atoms with Crippen molar-refractivity contribution >= 4 is 16.9 Å². The van der Waals surface area contributed by atoms with Crippen LogP contribution in [0.5, 0.6) is 5.75 Å². The molecule has 2 aromatic rings.